The molecule has 0 aliphatic carbocycles. The Kier molecular flexibility index (Phi) is 6.62. The van der Waals surface area contributed by atoms with Crippen LogP contribution in [0.1, 0.15) is 30.6 Å². The Morgan fingerprint density at radius 2 is 1.94 bits per heavy atom. The van der Waals surface area contributed by atoms with Gasteiger partial charge in [0.2, 0.25) is 5.91 Å². The van der Waals surface area contributed by atoms with Crippen LogP contribution in [0.3, 0.4) is 0 Å². The largest absolute Gasteiger partial charge is 0.491 e. The first-order valence-corrected chi connectivity index (χ1v) is 12.3. The van der Waals surface area contributed by atoms with E-state index in [1.807, 2.05) is 71.8 Å². The molecule has 3 aromatic carbocycles. The van der Waals surface area contributed by atoms with Crippen molar-refractivity contribution >= 4 is 34.1 Å². The van der Waals surface area contributed by atoms with Crippen LogP contribution in [-0.2, 0) is 4.79 Å². The van der Waals surface area contributed by atoms with Gasteiger partial charge in [-0.2, -0.15) is 0 Å². The standard InChI is InChI=1S/C29H30N4O3/c1-19-12-15-33(27-6-4-3-5-26(27)32-19)29(35)23-7-9-24(28(18-23)36-16-14-30-20(2)34)21-8-10-25-22(17-21)11-13-31-25/h3-11,13,17-19,31-32H,12,14-16H2,1-2H3,(H,30,34). The molecule has 0 radical (unpaired) electrons. The Balaban J connectivity index is 1.49. The quantitative estimate of drug-likeness (QED) is 0.330. The molecular weight excluding hydrogens is 452 g/mol. The molecule has 5 rings (SSSR count). The van der Waals surface area contributed by atoms with Gasteiger partial charge in [0, 0.05) is 42.4 Å². The van der Waals surface area contributed by atoms with Crippen molar-refractivity contribution in [1.82, 2.24) is 10.3 Å². The lowest BCUT2D eigenvalue weighted by Gasteiger charge is -2.23. The molecule has 1 aromatic heterocycles. The molecule has 3 N–H and O–H groups in total. The third-order valence-electron chi connectivity index (χ3n) is 6.45. The predicted octanol–water partition coefficient (Wildman–Crippen LogP) is 5.20. The summed E-state index contributed by atoms with van der Waals surface area (Å²) in [6, 6.07) is 22.0. The van der Waals surface area contributed by atoms with E-state index < -0.39 is 0 Å². The van der Waals surface area contributed by atoms with Crippen molar-refractivity contribution in [2.24, 2.45) is 0 Å². The summed E-state index contributed by atoms with van der Waals surface area (Å²) in [6.07, 6.45) is 2.76. The van der Waals surface area contributed by atoms with Crippen LogP contribution in [0, 0.1) is 0 Å². The number of hydrogen-bond donors (Lipinski definition) is 3. The van der Waals surface area contributed by atoms with E-state index in [1.165, 1.54) is 6.92 Å². The van der Waals surface area contributed by atoms with Gasteiger partial charge in [-0.1, -0.05) is 18.2 Å². The molecule has 0 bridgehead atoms. The normalized spacial score (nSPS) is 15.1. The van der Waals surface area contributed by atoms with Crippen LogP contribution in [0.5, 0.6) is 5.75 Å². The second-order valence-corrected chi connectivity index (χ2v) is 9.13. The first kappa shape index (κ1) is 23.5. The lowest BCUT2D eigenvalue weighted by molar-refractivity contribution is -0.119. The fourth-order valence-electron chi connectivity index (χ4n) is 4.60. The number of anilines is 2. The van der Waals surface area contributed by atoms with Crippen LogP contribution in [0.15, 0.2) is 72.9 Å². The molecule has 7 heteroatoms. The number of para-hydroxylation sites is 2. The molecule has 0 saturated carbocycles. The van der Waals surface area contributed by atoms with Gasteiger partial charge in [-0.3, -0.25) is 9.59 Å². The highest BCUT2D eigenvalue weighted by Crippen LogP contribution is 2.35. The van der Waals surface area contributed by atoms with Gasteiger partial charge in [0.05, 0.1) is 17.9 Å². The highest BCUT2D eigenvalue weighted by atomic mass is 16.5. The summed E-state index contributed by atoms with van der Waals surface area (Å²) >= 11 is 0. The van der Waals surface area contributed by atoms with Crippen LogP contribution in [0.2, 0.25) is 0 Å². The number of nitrogens with one attached hydrogen (secondary N) is 3. The van der Waals surface area contributed by atoms with E-state index in [-0.39, 0.29) is 17.9 Å². The zero-order valence-electron chi connectivity index (χ0n) is 20.5. The van der Waals surface area contributed by atoms with Gasteiger partial charge >= 0.3 is 0 Å². The van der Waals surface area contributed by atoms with Crippen LogP contribution < -0.4 is 20.3 Å². The van der Waals surface area contributed by atoms with Crippen molar-refractivity contribution in [3.05, 3.63) is 78.5 Å². The van der Waals surface area contributed by atoms with Crippen LogP contribution >= 0.6 is 0 Å². The number of ether oxygens (including phenoxy) is 1. The predicted molar refractivity (Wildman–Crippen MR) is 144 cm³/mol. The fraction of sp³-hybridized carbons (Fsp3) is 0.241. The van der Waals surface area contributed by atoms with Crippen molar-refractivity contribution in [3.63, 3.8) is 0 Å². The van der Waals surface area contributed by atoms with Crippen molar-refractivity contribution in [2.45, 2.75) is 26.3 Å². The Labute approximate surface area is 210 Å². The molecule has 0 fully saturated rings. The number of aromatic nitrogens is 1. The minimum Gasteiger partial charge on any atom is -0.491 e. The lowest BCUT2D eigenvalue weighted by atomic mass is 10.0. The van der Waals surface area contributed by atoms with Gasteiger partial charge in [0.15, 0.2) is 0 Å². The molecule has 4 aromatic rings. The Morgan fingerprint density at radius 1 is 1.08 bits per heavy atom. The molecule has 1 aliphatic heterocycles. The number of H-pyrrole nitrogens is 1. The number of hydrogen-bond acceptors (Lipinski definition) is 4. The van der Waals surface area contributed by atoms with Gasteiger partial charge in [-0.15, -0.1) is 0 Å². The first-order valence-electron chi connectivity index (χ1n) is 12.3. The second kappa shape index (κ2) is 10.2. The molecule has 1 aliphatic rings. The maximum Gasteiger partial charge on any atom is 0.258 e. The molecular formula is C29H30N4O3. The molecule has 2 amide bonds. The molecule has 7 nitrogen and oxygen atoms in total. The first-order chi connectivity index (χ1) is 17.5. The zero-order chi connectivity index (χ0) is 25.1. The third-order valence-corrected chi connectivity index (χ3v) is 6.45. The summed E-state index contributed by atoms with van der Waals surface area (Å²) in [5, 5.41) is 7.35. The summed E-state index contributed by atoms with van der Waals surface area (Å²) < 4.78 is 6.12. The van der Waals surface area contributed by atoms with E-state index in [9.17, 15) is 9.59 Å². The highest BCUT2D eigenvalue weighted by molar-refractivity contribution is 6.08. The lowest BCUT2D eigenvalue weighted by Crippen LogP contribution is -2.32. The van der Waals surface area contributed by atoms with E-state index in [4.69, 9.17) is 4.74 Å². The van der Waals surface area contributed by atoms with E-state index in [1.54, 1.807) is 0 Å². The van der Waals surface area contributed by atoms with Crippen molar-refractivity contribution < 1.29 is 14.3 Å². The summed E-state index contributed by atoms with van der Waals surface area (Å²) in [5.41, 5.74) is 5.33. The Hall–Kier alpha value is -4.26. The van der Waals surface area contributed by atoms with Gasteiger partial charge in [0.25, 0.3) is 5.91 Å². The number of carbonyl (C=O) groups is 2. The number of aromatic amines is 1. The van der Waals surface area contributed by atoms with Crippen LogP contribution in [0.4, 0.5) is 11.4 Å². The SMILES string of the molecule is CC(=O)NCCOc1cc(C(=O)N2CCC(C)Nc3ccccc32)ccc1-c1ccc2[nH]ccc2c1. The summed E-state index contributed by atoms with van der Waals surface area (Å²) in [6.45, 7) is 4.90. The van der Waals surface area contributed by atoms with Gasteiger partial charge < -0.3 is 25.3 Å². The summed E-state index contributed by atoms with van der Waals surface area (Å²) in [4.78, 5) is 30.1. The third kappa shape index (κ3) is 4.91. The number of fused-ring (bicyclic) bond motifs is 2. The molecule has 2 heterocycles. The van der Waals surface area contributed by atoms with Crippen molar-refractivity contribution in [2.75, 3.05) is 29.9 Å². The van der Waals surface area contributed by atoms with Crippen molar-refractivity contribution in [3.8, 4) is 16.9 Å². The molecule has 0 spiro atoms. The smallest absolute Gasteiger partial charge is 0.258 e. The fourth-order valence-corrected chi connectivity index (χ4v) is 4.60. The minimum absolute atomic E-state index is 0.0716. The van der Waals surface area contributed by atoms with E-state index in [0.29, 0.717) is 31.0 Å². The zero-order valence-corrected chi connectivity index (χ0v) is 20.5. The number of carbonyl (C=O) groups excluding carboxylic acids is 2. The van der Waals surface area contributed by atoms with E-state index in [2.05, 4.69) is 28.6 Å². The Morgan fingerprint density at radius 3 is 2.81 bits per heavy atom. The van der Waals surface area contributed by atoms with E-state index >= 15 is 0 Å². The van der Waals surface area contributed by atoms with E-state index in [0.717, 1.165) is 39.8 Å². The van der Waals surface area contributed by atoms with Gasteiger partial charge in [-0.25, -0.2) is 0 Å². The summed E-state index contributed by atoms with van der Waals surface area (Å²) in [5.74, 6) is 0.428. The highest BCUT2D eigenvalue weighted by Gasteiger charge is 2.25. The number of amides is 2. The van der Waals surface area contributed by atoms with Gasteiger partial charge in [0.1, 0.15) is 12.4 Å². The second-order valence-electron chi connectivity index (χ2n) is 9.13. The monoisotopic (exact) mass is 482 g/mol. The average molecular weight is 483 g/mol. The Bertz CT molecular complexity index is 1410. The van der Waals surface area contributed by atoms with Crippen LogP contribution in [-0.4, -0.2) is 42.5 Å². The summed E-state index contributed by atoms with van der Waals surface area (Å²) in [7, 11) is 0. The topological polar surface area (TPSA) is 86.5 Å². The molecule has 1 unspecified atom stereocenters. The molecule has 1 atom stereocenters. The average Bonchev–Trinajstić information content (AvgIpc) is 3.28. The number of nitrogens with zero attached hydrogens (tertiary/aromatic N) is 1. The van der Waals surface area contributed by atoms with Gasteiger partial charge in [-0.05, 0) is 72.8 Å². The molecule has 184 valence electrons. The maximum absolute atomic E-state index is 13.8. The van der Waals surface area contributed by atoms with Crippen molar-refractivity contribution in [1.29, 1.82) is 0 Å². The molecule has 36 heavy (non-hydrogen) atoms. The molecule has 0 saturated heterocycles. The number of rotatable bonds is 6. The van der Waals surface area contributed by atoms with Crippen LogP contribution in [0.25, 0.3) is 22.0 Å². The minimum atomic E-state index is -0.108. The number of benzene rings is 3. The maximum atomic E-state index is 13.8.